The minimum Gasteiger partial charge on any atom is -0.347 e. The number of rotatable bonds is 6. The molecule has 2 saturated heterocycles. The van der Waals surface area contributed by atoms with Crippen LogP contribution in [-0.4, -0.2) is 102 Å². The van der Waals surface area contributed by atoms with Crippen LogP contribution in [0, 0.1) is 5.92 Å². The molecule has 2 aliphatic rings. The number of hydrogen-bond donors (Lipinski definition) is 0. The van der Waals surface area contributed by atoms with E-state index in [1.807, 2.05) is 35.0 Å². The zero-order valence-corrected chi connectivity index (χ0v) is 21.4. The molecule has 2 aliphatic heterocycles. The second kappa shape index (κ2) is 10.2. The van der Waals surface area contributed by atoms with Gasteiger partial charge in [0.15, 0.2) is 0 Å². The van der Waals surface area contributed by atoms with E-state index in [1.165, 1.54) is 0 Å². The molecule has 0 N–H and O–H groups in total. The van der Waals surface area contributed by atoms with Crippen molar-refractivity contribution in [2.75, 3.05) is 71.4 Å². The molecule has 0 atom stereocenters. The summed E-state index contributed by atoms with van der Waals surface area (Å²) in [5.41, 5.74) is 1.93. The summed E-state index contributed by atoms with van der Waals surface area (Å²) < 4.78 is 1.86. The van der Waals surface area contributed by atoms with Gasteiger partial charge >= 0.3 is 0 Å². The van der Waals surface area contributed by atoms with Crippen LogP contribution in [0.2, 0.25) is 5.02 Å². The fourth-order valence-electron chi connectivity index (χ4n) is 4.69. The van der Waals surface area contributed by atoms with Crippen molar-refractivity contribution in [1.82, 2.24) is 29.3 Å². The molecule has 0 unspecified atom stereocenters. The van der Waals surface area contributed by atoms with E-state index in [2.05, 4.69) is 33.7 Å². The molecular formula is C24H32ClN7OS. The van der Waals surface area contributed by atoms with Gasteiger partial charge in [0.1, 0.15) is 0 Å². The SMILES string of the molecule is CN(C)CCN1CCN(C(=O)C2CCN(c3nn4cc(-c5ccc(Cl)cc5)nc4s3)CC2)CC1. The molecule has 5 rings (SSSR count). The van der Waals surface area contributed by atoms with Gasteiger partial charge in [-0.1, -0.05) is 35.1 Å². The normalized spacial score (nSPS) is 18.4. The largest absolute Gasteiger partial charge is 0.347 e. The van der Waals surface area contributed by atoms with Crippen LogP contribution in [0.4, 0.5) is 5.13 Å². The van der Waals surface area contributed by atoms with Crippen LogP contribution in [-0.2, 0) is 4.79 Å². The number of aromatic nitrogens is 3. The Labute approximate surface area is 209 Å². The van der Waals surface area contributed by atoms with Crippen molar-refractivity contribution in [3.8, 4) is 11.3 Å². The van der Waals surface area contributed by atoms with E-state index in [0.29, 0.717) is 10.9 Å². The highest BCUT2D eigenvalue weighted by Crippen LogP contribution is 2.30. The van der Waals surface area contributed by atoms with E-state index < -0.39 is 0 Å². The lowest BCUT2D eigenvalue weighted by molar-refractivity contribution is -0.138. The van der Waals surface area contributed by atoms with Gasteiger partial charge in [0, 0.05) is 68.9 Å². The van der Waals surface area contributed by atoms with Crippen LogP contribution in [0.1, 0.15) is 12.8 Å². The number of imidazole rings is 1. The Bertz CT molecular complexity index is 1080. The molecule has 4 heterocycles. The smallest absolute Gasteiger partial charge is 0.225 e. The van der Waals surface area contributed by atoms with E-state index >= 15 is 0 Å². The molecule has 2 fully saturated rings. The summed E-state index contributed by atoms with van der Waals surface area (Å²) in [6.45, 7) is 7.53. The van der Waals surface area contributed by atoms with Crippen LogP contribution in [0.3, 0.4) is 0 Å². The lowest BCUT2D eigenvalue weighted by Gasteiger charge is -2.38. The highest BCUT2D eigenvalue weighted by molar-refractivity contribution is 7.20. The molecule has 0 spiro atoms. The number of piperazine rings is 1. The topological polar surface area (TPSA) is 60.2 Å². The van der Waals surface area contributed by atoms with Gasteiger partial charge in [-0.05, 0) is 39.1 Å². The minimum absolute atomic E-state index is 0.130. The van der Waals surface area contributed by atoms with Crippen molar-refractivity contribution in [3.63, 3.8) is 0 Å². The molecule has 0 aliphatic carbocycles. The molecule has 34 heavy (non-hydrogen) atoms. The van der Waals surface area contributed by atoms with Gasteiger partial charge < -0.3 is 14.7 Å². The molecule has 8 nitrogen and oxygen atoms in total. The Morgan fingerprint density at radius 1 is 1.09 bits per heavy atom. The molecule has 2 aromatic heterocycles. The Morgan fingerprint density at radius 3 is 2.44 bits per heavy atom. The monoisotopic (exact) mass is 501 g/mol. The zero-order chi connectivity index (χ0) is 23.7. The number of likely N-dealkylation sites (N-methyl/N-ethyl adjacent to an activating group) is 1. The van der Waals surface area contributed by atoms with Crippen molar-refractivity contribution < 1.29 is 4.79 Å². The summed E-state index contributed by atoms with van der Waals surface area (Å²) in [6, 6.07) is 7.70. The van der Waals surface area contributed by atoms with Gasteiger partial charge in [-0.25, -0.2) is 9.50 Å². The number of halogens is 1. The molecule has 0 bridgehead atoms. The number of nitrogens with zero attached hydrogens (tertiary/aromatic N) is 7. The third kappa shape index (κ3) is 5.22. The number of benzene rings is 1. The number of piperidine rings is 1. The van der Waals surface area contributed by atoms with Gasteiger partial charge in [-0.2, -0.15) is 0 Å². The van der Waals surface area contributed by atoms with E-state index in [4.69, 9.17) is 21.7 Å². The Morgan fingerprint density at radius 2 is 1.79 bits per heavy atom. The molecule has 0 radical (unpaired) electrons. The predicted molar refractivity (Wildman–Crippen MR) is 138 cm³/mol. The summed E-state index contributed by atoms with van der Waals surface area (Å²) in [5, 5.41) is 6.46. The van der Waals surface area contributed by atoms with E-state index in [1.54, 1.807) is 11.3 Å². The van der Waals surface area contributed by atoms with Gasteiger partial charge in [-0.15, -0.1) is 5.10 Å². The van der Waals surface area contributed by atoms with Crippen LogP contribution in [0.15, 0.2) is 30.5 Å². The first kappa shape index (κ1) is 23.5. The highest BCUT2D eigenvalue weighted by Gasteiger charge is 2.31. The zero-order valence-electron chi connectivity index (χ0n) is 19.9. The highest BCUT2D eigenvalue weighted by atomic mass is 35.5. The van der Waals surface area contributed by atoms with Crippen LogP contribution < -0.4 is 4.90 Å². The fourth-order valence-corrected chi connectivity index (χ4v) is 5.75. The second-order valence-corrected chi connectivity index (χ2v) is 10.8. The van der Waals surface area contributed by atoms with E-state index in [-0.39, 0.29) is 5.92 Å². The third-order valence-electron chi connectivity index (χ3n) is 6.83. The summed E-state index contributed by atoms with van der Waals surface area (Å²) in [5.74, 6) is 0.471. The number of carbonyl (C=O) groups is 1. The summed E-state index contributed by atoms with van der Waals surface area (Å²) >= 11 is 7.60. The van der Waals surface area contributed by atoms with Crippen molar-refractivity contribution >= 4 is 38.9 Å². The lowest BCUT2D eigenvalue weighted by Crippen LogP contribution is -2.52. The van der Waals surface area contributed by atoms with Gasteiger partial charge in [0.05, 0.1) is 11.9 Å². The van der Waals surface area contributed by atoms with Crippen molar-refractivity contribution in [1.29, 1.82) is 0 Å². The van der Waals surface area contributed by atoms with E-state index in [0.717, 1.165) is 86.5 Å². The molecular weight excluding hydrogens is 470 g/mol. The first-order chi connectivity index (χ1) is 16.5. The number of anilines is 1. The molecule has 10 heteroatoms. The average molecular weight is 502 g/mol. The second-order valence-electron chi connectivity index (χ2n) is 9.48. The maximum atomic E-state index is 13.1. The predicted octanol–water partition coefficient (Wildman–Crippen LogP) is 3.03. The Kier molecular flexibility index (Phi) is 7.06. The number of fused-ring (bicyclic) bond motifs is 1. The molecule has 1 amide bonds. The molecule has 1 aromatic carbocycles. The average Bonchev–Trinajstić information content (AvgIpc) is 3.43. The van der Waals surface area contributed by atoms with Crippen LogP contribution in [0.5, 0.6) is 0 Å². The number of amides is 1. The molecule has 182 valence electrons. The summed E-state index contributed by atoms with van der Waals surface area (Å²) in [7, 11) is 4.21. The van der Waals surface area contributed by atoms with Crippen molar-refractivity contribution in [3.05, 3.63) is 35.5 Å². The minimum atomic E-state index is 0.130. The number of hydrogen-bond acceptors (Lipinski definition) is 7. The third-order valence-corrected chi connectivity index (χ3v) is 8.07. The first-order valence-corrected chi connectivity index (χ1v) is 13.2. The maximum absolute atomic E-state index is 13.1. The standard InChI is InChI=1S/C24H32ClN7OS/c1-28(2)11-12-29-13-15-30(16-14-29)22(33)19-7-9-31(10-8-19)24-27-32-17-21(26-23(32)34-24)18-3-5-20(25)6-4-18/h3-6,17,19H,7-16H2,1-2H3. The lowest BCUT2D eigenvalue weighted by atomic mass is 9.95. The van der Waals surface area contributed by atoms with Crippen LogP contribution in [0.25, 0.3) is 16.2 Å². The number of carbonyl (C=O) groups excluding carboxylic acids is 1. The first-order valence-electron chi connectivity index (χ1n) is 12.0. The Hall–Kier alpha value is -2.20. The maximum Gasteiger partial charge on any atom is 0.225 e. The molecule has 0 saturated carbocycles. The Balaban J connectivity index is 1.13. The van der Waals surface area contributed by atoms with Gasteiger partial charge in [0.25, 0.3) is 0 Å². The van der Waals surface area contributed by atoms with Crippen molar-refractivity contribution in [2.24, 2.45) is 5.92 Å². The quantitative estimate of drug-likeness (QED) is 0.517. The molecule has 3 aromatic rings. The summed E-state index contributed by atoms with van der Waals surface area (Å²) in [6.07, 6.45) is 3.74. The van der Waals surface area contributed by atoms with Crippen molar-refractivity contribution in [2.45, 2.75) is 12.8 Å². The van der Waals surface area contributed by atoms with Gasteiger partial charge in [0.2, 0.25) is 16.0 Å². The van der Waals surface area contributed by atoms with Crippen LogP contribution >= 0.6 is 22.9 Å². The summed E-state index contributed by atoms with van der Waals surface area (Å²) in [4.78, 5) is 27.8. The van der Waals surface area contributed by atoms with E-state index in [9.17, 15) is 4.79 Å². The van der Waals surface area contributed by atoms with Gasteiger partial charge in [-0.3, -0.25) is 9.69 Å². The fraction of sp³-hybridized carbons (Fsp3) is 0.542.